The predicted molar refractivity (Wildman–Crippen MR) is 85.3 cm³/mol. The van der Waals surface area contributed by atoms with E-state index >= 15 is 0 Å². The second-order valence-electron chi connectivity index (χ2n) is 5.39. The third kappa shape index (κ3) is 3.30. The average molecular weight is 331 g/mol. The highest BCUT2D eigenvalue weighted by molar-refractivity contribution is 5.56. The van der Waals surface area contributed by atoms with Crippen molar-refractivity contribution in [3.05, 3.63) is 53.4 Å². The van der Waals surface area contributed by atoms with E-state index in [4.69, 9.17) is 14.3 Å². The fraction of sp³-hybridized carbons (Fsp3) is 0.294. The van der Waals surface area contributed by atoms with Crippen molar-refractivity contribution in [3.63, 3.8) is 0 Å². The van der Waals surface area contributed by atoms with Crippen molar-refractivity contribution in [2.45, 2.75) is 19.9 Å². The Morgan fingerprint density at radius 1 is 1.38 bits per heavy atom. The maximum absolute atomic E-state index is 14.2. The molecule has 0 bridgehead atoms. The van der Waals surface area contributed by atoms with Gasteiger partial charge >= 0.3 is 0 Å². The molecule has 1 N–H and O–H groups in total. The molecule has 2 aromatic heterocycles. The second kappa shape index (κ2) is 6.84. The van der Waals surface area contributed by atoms with Gasteiger partial charge in [-0.25, -0.2) is 9.37 Å². The third-order valence-electron chi connectivity index (χ3n) is 3.70. The van der Waals surface area contributed by atoms with Gasteiger partial charge in [0.15, 0.2) is 0 Å². The molecule has 0 unspecified atom stereocenters. The summed E-state index contributed by atoms with van der Waals surface area (Å²) in [6, 6.07) is 4.53. The molecule has 2 heterocycles. The van der Waals surface area contributed by atoms with Crippen LogP contribution >= 0.6 is 0 Å². The van der Waals surface area contributed by atoms with Crippen LogP contribution in [0.2, 0.25) is 0 Å². The van der Waals surface area contributed by atoms with Crippen molar-refractivity contribution in [3.8, 4) is 17.2 Å². The van der Waals surface area contributed by atoms with Crippen molar-refractivity contribution in [1.82, 2.24) is 14.8 Å². The summed E-state index contributed by atoms with van der Waals surface area (Å²) >= 11 is 0. The molecule has 7 heteroatoms. The van der Waals surface area contributed by atoms with Gasteiger partial charge in [-0.2, -0.15) is 5.10 Å². The molecule has 0 spiro atoms. The van der Waals surface area contributed by atoms with Crippen LogP contribution in [-0.4, -0.2) is 33.6 Å². The Hall–Kier alpha value is -2.67. The zero-order valence-electron chi connectivity index (χ0n) is 13.5. The maximum atomic E-state index is 14.2. The second-order valence-corrected chi connectivity index (χ2v) is 5.39. The van der Waals surface area contributed by atoms with Crippen molar-refractivity contribution >= 4 is 0 Å². The lowest BCUT2D eigenvalue weighted by Gasteiger charge is -2.02. The smallest absolute Gasteiger partial charge is 0.229 e. The standard InChI is InChI=1S/C17H18FN3O3/c1-11-16(10-21-9-12(5-6-22)8-19-21)20-17(24-11)14-4-3-13(23-2)7-15(14)18/h3-4,7-9,22H,5-6,10H2,1-2H3. The number of nitrogens with zero attached hydrogens (tertiary/aromatic N) is 3. The molecule has 0 aliphatic heterocycles. The summed E-state index contributed by atoms with van der Waals surface area (Å²) in [7, 11) is 1.48. The van der Waals surface area contributed by atoms with E-state index in [2.05, 4.69) is 10.1 Å². The first-order valence-electron chi connectivity index (χ1n) is 7.53. The zero-order valence-corrected chi connectivity index (χ0v) is 13.5. The summed E-state index contributed by atoms with van der Waals surface area (Å²) in [6.45, 7) is 2.28. The van der Waals surface area contributed by atoms with E-state index in [1.54, 1.807) is 29.9 Å². The number of aromatic nitrogens is 3. The van der Waals surface area contributed by atoms with Gasteiger partial charge in [0, 0.05) is 18.9 Å². The number of oxazole rings is 1. The molecule has 0 aliphatic carbocycles. The number of hydrogen-bond donors (Lipinski definition) is 1. The minimum absolute atomic E-state index is 0.0789. The number of hydrogen-bond acceptors (Lipinski definition) is 5. The predicted octanol–water partition coefficient (Wildman–Crippen LogP) is 2.58. The number of aryl methyl sites for hydroxylation is 1. The normalized spacial score (nSPS) is 11.0. The van der Waals surface area contributed by atoms with Crippen molar-refractivity contribution in [2.24, 2.45) is 0 Å². The number of aliphatic hydroxyl groups excluding tert-OH is 1. The number of rotatable bonds is 6. The van der Waals surface area contributed by atoms with E-state index in [1.165, 1.54) is 13.2 Å². The van der Waals surface area contributed by atoms with E-state index in [9.17, 15) is 4.39 Å². The molecule has 0 radical (unpaired) electrons. The highest BCUT2D eigenvalue weighted by Gasteiger charge is 2.16. The van der Waals surface area contributed by atoms with Gasteiger partial charge < -0.3 is 14.3 Å². The molecule has 6 nitrogen and oxygen atoms in total. The highest BCUT2D eigenvalue weighted by Crippen LogP contribution is 2.27. The number of halogens is 1. The Morgan fingerprint density at radius 3 is 2.92 bits per heavy atom. The number of methoxy groups -OCH3 is 1. The summed E-state index contributed by atoms with van der Waals surface area (Å²) in [5, 5.41) is 13.2. The van der Waals surface area contributed by atoms with Crippen LogP contribution in [0.4, 0.5) is 4.39 Å². The molecule has 0 fully saturated rings. The van der Waals surface area contributed by atoms with E-state index < -0.39 is 5.82 Å². The van der Waals surface area contributed by atoms with Gasteiger partial charge in [-0.05, 0) is 31.0 Å². The SMILES string of the molecule is COc1ccc(-c2nc(Cn3cc(CCO)cn3)c(C)o2)c(F)c1. The molecule has 0 atom stereocenters. The lowest BCUT2D eigenvalue weighted by Crippen LogP contribution is -2.01. The van der Waals surface area contributed by atoms with Gasteiger partial charge in [-0.3, -0.25) is 4.68 Å². The molecular formula is C17H18FN3O3. The molecule has 3 aromatic rings. The van der Waals surface area contributed by atoms with Crippen LogP contribution in [0.25, 0.3) is 11.5 Å². The first kappa shape index (κ1) is 16.2. The Morgan fingerprint density at radius 2 is 2.21 bits per heavy atom. The van der Waals surface area contributed by atoms with E-state index in [0.29, 0.717) is 30.2 Å². The Kier molecular flexibility index (Phi) is 4.61. The average Bonchev–Trinajstić information content (AvgIpc) is 3.15. The quantitative estimate of drug-likeness (QED) is 0.751. The molecule has 0 amide bonds. The van der Waals surface area contributed by atoms with Crippen LogP contribution in [0, 0.1) is 12.7 Å². The molecule has 0 saturated heterocycles. The lowest BCUT2D eigenvalue weighted by atomic mass is 10.2. The highest BCUT2D eigenvalue weighted by atomic mass is 19.1. The summed E-state index contributed by atoms with van der Waals surface area (Å²) in [5.41, 5.74) is 1.91. The zero-order chi connectivity index (χ0) is 17.1. The van der Waals surface area contributed by atoms with E-state index in [-0.39, 0.29) is 18.1 Å². The number of benzene rings is 1. The van der Waals surface area contributed by atoms with Gasteiger partial charge in [-0.15, -0.1) is 0 Å². The molecule has 1 aromatic carbocycles. The van der Waals surface area contributed by atoms with Crippen LogP contribution < -0.4 is 4.74 Å². The third-order valence-corrected chi connectivity index (χ3v) is 3.70. The van der Waals surface area contributed by atoms with E-state index in [0.717, 1.165) is 5.56 Å². The lowest BCUT2D eigenvalue weighted by molar-refractivity contribution is 0.299. The van der Waals surface area contributed by atoms with Crippen LogP contribution in [0.5, 0.6) is 5.75 Å². The monoisotopic (exact) mass is 331 g/mol. The largest absolute Gasteiger partial charge is 0.497 e. The Bertz CT molecular complexity index is 841. The molecular weight excluding hydrogens is 313 g/mol. The van der Waals surface area contributed by atoms with Crippen LogP contribution in [0.15, 0.2) is 35.0 Å². The molecule has 0 aliphatic rings. The van der Waals surface area contributed by atoms with Gasteiger partial charge in [0.05, 0.1) is 25.4 Å². The van der Waals surface area contributed by atoms with Gasteiger partial charge in [-0.1, -0.05) is 0 Å². The number of aliphatic hydroxyl groups is 1. The van der Waals surface area contributed by atoms with Crippen LogP contribution in [-0.2, 0) is 13.0 Å². The van der Waals surface area contributed by atoms with E-state index in [1.807, 2.05) is 6.20 Å². The fourth-order valence-corrected chi connectivity index (χ4v) is 2.39. The number of ether oxygens (including phenoxy) is 1. The Labute approximate surface area is 138 Å². The van der Waals surface area contributed by atoms with Crippen molar-refractivity contribution < 1.29 is 18.7 Å². The molecule has 24 heavy (non-hydrogen) atoms. The van der Waals surface area contributed by atoms with Crippen LogP contribution in [0.3, 0.4) is 0 Å². The minimum atomic E-state index is -0.452. The summed E-state index contributed by atoms with van der Waals surface area (Å²) < 4.78 is 26.5. The summed E-state index contributed by atoms with van der Waals surface area (Å²) in [5.74, 6) is 0.823. The van der Waals surface area contributed by atoms with Crippen molar-refractivity contribution in [2.75, 3.05) is 13.7 Å². The van der Waals surface area contributed by atoms with Gasteiger partial charge in [0.25, 0.3) is 0 Å². The Balaban J connectivity index is 1.84. The van der Waals surface area contributed by atoms with Crippen LogP contribution in [0.1, 0.15) is 17.0 Å². The van der Waals surface area contributed by atoms with Crippen molar-refractivity contribution in [1.29, 1.82) is 0 Å². The summed E-state index contributed by atoms with van der Waals surface area (Å²) in [6.07, 6.45) is 4.10. The summed E-state index contributed by atoms with van der Waals surface area (Å²) in [4.78, 5) is 4.39. The fourth-order valence-electron chi connectivity index (χ4n) is 2.39. The maximum Gasteiger partial charge on any atom is 0.229 e. The van der Waals surface area contributed by atoms with Gasteiger partial charge in [0.1, 0.15) is 23.0 Å². The molecule has 0 saturated carbocycles. The minimum Gasteiger partial charge on any atom is -0.497 e. The topological polar surface area (TPSA) is 73.3 Å². The first-order chi connectivity index (χ1) is 11.6. The van der Waals surface area contributed by atoms with Gasteiger partial charge in [0.2, 0.25) is 5.89 Å². The first-order valence-corrected chi connectivity index (χ1v) is 7.53. The molecule has 3 rings (SSSR count). The molecule has 126 valence electrons.